The van der Waals surface area contributed by atoms with Gasteiger partial charge in [0.15, 0.2) is 0 Å². The summed E-state index contributed by atoms with van der Waals surface area (Å²) in [6.45, 7) is 7.00. The quantitative estimate of drug-likeness (QED) is 0.630. The monoisotopic (exact) mass is 439 g/mol. The number of nitrogens with one attached hydrogen (secondary N) is 2. The van der Waals surface area contributed by atoms with E-state index >= 15 is 0 Å². The van der Waals surface area contributed by atoms with Gasteiger partial charge in [-0.25, -0.2) is 4.39 Å². The zero-order valence-corrected chi connectivity index (χ0v) is 19.6. The highest BCUT2D eigenvalue weighted by Gasteiger charge is 2.62. The van der Waals surface area contributed by atoms with Gasteiger partial charge in [0.2, 0.25) is 5.91 Å². The Bertz CT molecular complexity index is 963. The van der Waals surface area contributed by atoms with Crippen LogP contribution in [0.15, 0.2) is 48.5 Å². The second-order valence-electron chi connectivity index (χ2n) is 9.16. The van der Waals surface area contributed by atoms with Crippen molar-refractivity contribution in [1.82, 2.24) is 15.5 Å². The lowest BCUT2D eigenvalue weighted by Gasteiger charge is -2.25. The van der Waals surface area contributed by atoms with Crippen molar-refractivity contribution < 1.29 is 14.0 Å². The molecule has 3 rings (SSSR count). The fourth-order valence-electron chi connectivity index (χ4n) is 4.63. The molecule has 6 heteroatoms. The Kier molecular flexibility index (Phi) is 7.34. The molecule has 0 aromatic heterocycles. The largest absolute Gasteiger partial charge is 0.354 e. The molecule has 0 spiro atoms. The van der Waals surface area contributed by atoms with Gasteiger partial charge in [-0.1, -0.05) is 50.2 Å². The number of halogens is 1. The summed E-state index contributed by atoms with van der Waals surface area (Å²) in [5, 5.41) is 5.74. The van der Waals surface area contributed by atoms with Gasteiger partial charge in [-0.2, -0.15) is 0 Å². The summed E-state index contributed by atoms with van der Waals surface area (Å²) in [5.74, 6) is -0.651. The van der Waals surface area contributed by atoms with E-state index in [1.165, 1.54) is 17.7 Å². The van der Waals surface area contributed by atoms with Gasteiger partial charge in [0.1, 0.15) is 5.82 Å². The summed E-state index contributed by atoms with van der Waals surface area (Å²) in [6.07, 6.45) is 0.566. The van der Waals surface area contributed by atoms with Gasteiger partial charge in [-0.15, -0.1) is 0 Å². The molecule has 2 aromatic rings. The minimum atomic E-state index is -0.527. The number of amides is 2. The van der Waals surface area contributed by atoms with Crippen LogP contribution in [0, 0.1) is 17.7 Å². The molecule has 2 amide bonds. The molecule has 4 atom stereocenters. The standard InChI is InChI=1S/C26H34FN3O2/c1-6-28-24(31)21-13-12-18(15-22(21)27)14-20(30(4)5)16-29-25(32)23-17(2)26(23,3)19-10-8-7-9-11-19/h7-13,15,17,20,23H,6,14,16H2,1-5H3,(H,28,31)(H,29,32)/t17-,20-,23?,26+/m0/s1. The number of carbonyl (C=O) groups is 2. The molecule has 0 radical (unpaired) electrons. The molecule has 2 aromatic carbocycles. The second-order valence-corrected chi connectivity index (χ2v) is 9.16. The molecule has 1 saturated carbocycles. The van der Waals surface area contributed by atoms with Crippen LogP contribution < -0.4 is 10.6 Å². The minimum absolute atomic E-state index is 0.00528. The van der Waals surface area contributed by atoms with Crippen LogP contribution in [0.2, 0.25) is 0 Å². The fraction of sp³-hybridized carbons (Fsp3) is 0.462. The van der Waals surface area contributed by atoms with Gasteiger partial charge in [-0.3, -0.25) is 9.59 Å². The maximum atomic E-state index is 14.4. The van der Waals surface area contributed by atoms with E-state index in [2.05, 4.69) is 36.6 Å². The molecule has 172 valence electrons. The molecule has 5 nitrogen and oxygen atoms in total. The van der Waals surface area contributed by atoms with Crippen molar-refractivity contribution in [2.45, 2.75) is 38.6 Å². The average Bonchev–Trinajstić information content (AvgIpc) is 3.33. The van der Waals surface area contributed by atoms with E-state index in [-0.39, 0.29) is 34.8 Å². The maximum Gasteiger partial charge on any atom is 0.254 e. The number of hydrogen-bond acceptors (Lipinski definition) is 3. The van der Waals surface area contributed by atoms with Crippen molar-refractivity contribution in [3.05, 3.63) is 71.0 Å². The molecule has 0 aliphatic heterocycles. The van der Waals surface area contributed by atoms with Gasteiger partial charge < -0.3 is 15.5 Å². The van der Waals surface area contributed by atoms with Crippen LogP contribution in [0.1, 0.15) is 42.3 Å². The van der Waals surface area contributed by atoms with E-state index in [1.54, 1.807) is 13.0 Å². The molecule has 1 unspecified atom stereocenters. The molecule has 32 heavy (non-hydrogen) atoms. The summed E-state index contributed by atoms with van der Waals surface area (Å²) in [5.41, 5.74) is 1.89. The topological polar surface area (TPSA) is 61.4 Å². The normalized spacial score (nSPS) is 23.0. The van der Waals surface area contributed by atoms with E-state index in [0.29, 0.717) is 19.5 Å². The highest BCUT2D eigenvalue weighted by Crippen LogP contribution is 2.59. The summed E-state index contributed by atoms with van der Waals surface area (Å²) in [4.78, 5) is 26.9. The van der Waals surface area contributed by atoms with Crippen molar-refractivity contribution in [2.75, 3.05) is 27.2 Å². The van der Waals surface area contributed by atoms with Gasteiger partial charge in [0.25, 0.3) is 5.91 Å². The molecule has 2 N–H and O–H groups in total. The Balaban J connectivity index is 1.62. The lowest BCUT2D eigenvalue weighted by Crippen LogP contribution is -2.42. The van der Waals surface area contributed by atoms with Crippen LogP contribution in [0.5, 0.6) is 0 Å². The number of hydrogen-bond donors (Lipinski definition) is 2. The smallest absolute Gasteiger partial charge is 0.254 e. The van der Waals surface area contributed by atoms with E-state index < -0.39 is 11.7 Å². The molecule has 0 heterocycles. The van der Waals surface area contributed by atoms with Crippen LogP contribution >= 0.6 is 0 Å². The van der Waals surface area contributed by atoms with Crippen molar-refractivity contribution in [2.24, 2.45) is 11.8 Å². The third-order valence-electron chi connectivity index (χ3n) is 6.99. The molecule has 1 aliphatic rings. The number of benzene rings is 2. The summed E-state index contributed by atoms with van der Waals surface area (Å²) in [7, 11) is 3.90. The third kappa shape index (κ3) is 4.85. The molecular weight excluding hydrogens is 405 g/mol. The van der Waals surface area contributed by atoms with Crippen LogP contribution in [0.3, 0.4) is 0 Å². The second kappa shape index (κ2) is 9.82. The molecular formula is C26H34FN3O2. The number of carbonyl (C=O) groups excluding carboxylic acids is 2. The predicted octanol–water partition coefficient (Wildman–Crippen LogP) is 3.39. The van der Waals surface area contributed by atoms with E-state index in [0.717, 1.165) is 5.56 Å². The molecule has 0 bridgehead atoms. The van der Waals surface area contributed by atoms with Crippen molar-refractivity contribution in [3.63, 3.8) is 0 Å². The zero-order valence-electron chi connectivity index (χ0n) is 19.6. The first kappa shape index (κ1) is 23.9. The Morgan fingerprint density at radius 3 is 2.41 bits per heavy atom. The van der Waals surface area contributed by atoms with Gasteiger partial charge in [-0.05, 0) is 56.6 Å². The summed E-state index contributed by atoms with van der Waals surface area (Å²) >= 11 is 0. The van der Waals surface area contributed by atoms with Crippen molar-refractivity contribution in [1.29, 1.82) is 0 Å². The van der Waals surface area contributed by atoms with E-state index in [1.807, 2.05) is 37.2 Å². The van der Waals surface area contributed by atoms with Gasteiger partial charge in [0.05, 0.1) is 11.5 Å². The SMILES string of the molecule is CCNC(=O)c1ccc(C[C@@H](CNC(=O)C2[C@H](C)[C@]2(C)c2ccccc2)N(C)C)cc1F. The molecule has 1 aliphatic carbocycles. The van der Waals surface area contributed by atoms with E-state index in [9.17, 15) is 14.0 Å². The summed E-state index contributed by atoms with van der Waals surface area (Å²) < 4.78 is 14.4. The fourth-order valence-corrected chi connectivity index (χ4v) is 4.63. The van der Waals surface area contributed by atoms with Crippen LogP contribution in [0.25, 0.3) is 0 Å². The molecule has 0 saturated heterocycles. The van der Waals surface area contributed by atoms with Gasteiger partial charge >= 0.3 is 0 Å². The number of rotatable bonds is 9. The zero-order chi connectivity index (χ0) is 23.5. The van der Waals surface area contributed by atoms with Gasteiger partial charge in [0, 0.05) is 24.5 Å². The summed E-state index contributed by atoms with van der Waals surface area (Å²) in [6, 6.07) is 14.9. The van der Waals surface area contributed by atoms with Crippen molar-refractivity contribution >= 4 is 11.8 Å². The number of nitrogens with zero attached hydrogens (tertiary/aromatic N) is 1. The first-order chi connectivity index (χ1) is 15.2. The predicted molar refractivity (Wildman–Crippen MR) is 125 cm³/mol. The number of likely N-dealkylation sites (N-methyl/N-ethyl adjacent to an activating group) is 1. The molecule has 1 fully saturated rings. The Hall–Kier alpha value is -2.73. The van der Waals surface area contributed by atoms with Crippen LogP contribution in [0.4, 0.5) is 4.39 Å². The first-order valence-electron chi connectivity index (χ1n) is 11.3. The van der Waals surface area contributed by atoms with E-state index in [4.69, 9.17) is 0 Å². The van der Waals surface area contributed by atoms with Crippen LogP contribution in [-0.4, -0.2) is 49.9 Å². The Morgan fingerprint density at radius 2 is 1.81 bits per heavy atom. The first-order valence-corrected chi connectivity index (χ1v) is 11.3. The Morgan fingerprint density at radius 1 is 1.12 bits per heavy atom. The highest BCUT2D eigenvalue weighted by atomic mass is 19.1. The van der Waals surface area contributed by atoms with Crippen molar-refractivity contribution in [3.8, 4) is 0 Å². The Labute approximate surface area is 190 Å². The lowest BCUT2D eigenvalue weighted by molar-refractivity contribution is -0.123. The highest BCUT2D eigenvalue weighted by molar-refractivity contribution is 5.94. The lowest BCUT2D eigenvalue weighted by atomic mass is 9.94. The maximum absolute atomic E-state index is 14.4. The average molecular weight is 440 g/mol. The minimum Gasteiger partial charge on any atom is -0.354 e. The van der Waals surface area contributed by atoms with Crippen LogP contribution in [-0.2, 0) is 16.6 Å². The third-order valence-corrected chi connectivity index (χ3v) is 6.99.